The van der Waals surface area contributed by atoms with Crippen LogP contribution in [0.3, 0.4) is 0 Å². The van der Waals surface area contributed by atoms with E-state index >= 15 is 0 Å². The van der Waals surface area contributed by atoms with E-state index < -0.39 is 24.5 Å². The van der Waals surface area contributed by atoms with Crippen molar-refractivity contribution in [2.45, 2.75) is 135 Å². The number of methoxy groups -OCH3 is 1. The summed E-state index contributed by atoms with van der Waals surface area (Å²) in [5.41, 5.74) is 1.34. The highest BCUT2D eigenvalue weighted by Crippen LogP contribution is 2.70. The fourth-order valence-electron chi connectivity index (χ4n) is 8.34. The van der Waals surface area contributed by atoms with Crippen molar-refractivity contribution in [1.82, 2.24) is 0 Å². The smallest absolute Gasteiger partial charge is 0.192 e. The van der Waals surface area contributed by atoms with E-state index in [0.29, 0.717) is 31.7 Å². The predicted octanol–water partition coefficient (Wildman–Crippen LogP) is 7.65. The Labute approximate surface area is 253 Å². The Balaban J connectivity index is 1.75. The third-order valence-corrected chi connectivity index (χ3v) is 19.4. The summed E-state index contributed by atoms with van der Waals surface area (Å²) in [5.74, 6) is 1.37. The van der Waals surface area contributed by atoms with Crippen molar-refractivity contribution in [3.8, 4) is 0 Å². The third-order valence-electron chi connectivity index (χ3n) is 11.1. The molecule has 0 N–H and O–H groups in total. The van der Waals surface area contributed by atoms with Crippen LogP contribution in [0.4, 0.5) is 0 Å². The normalized spacial score (nSPS) is 34.3. The summed E-state index contributed by atoms with van der Waals surface area (Å²) < 4.78 is 32.3. The summed E-state index contributed by atoms with van der Waals surface area (Å²) in [4.78, 5) is 13.5. The molecule has 0 radical (unpaired) electrons. The van der Waals surface area contributed by atoms with Gasteiger partial charge in [-0.05, 0) is 66.9 Å². The molecule has 0 saturated heterocycles. The summed E-state index contributed by atoms with van der Waals surface area (Å²) in [5, 5.41) is 1.32. The molecule has 4 aliphatic rings. The topological polar surface area (TPSA) is 63.2 Å². The van der Waals surface area contributed by atoms with Gasteiger partial charge >= 0.3 is 0 Å². The zero-order valence-corrected chi connectivity index (χ0v) is 31.3. The quantitative estimate of drug-likeness (QED) is 0.126. The lowest BCUT2D eigenvalue weighted by molar-refractivity contribution is -0.200. The molecular formula is C32H60O6Si3. The molecule has 0 aromatic carbocycles. The largest absolute Gasteiger partial charge is 0.411 e. The number of ketones is 1. The van der Waals surface area contributed by atoms with E-state index in [1.54, 1.807) is 7.11 Å². The summed E-state index contributed by atoms with van der Waals surface area (Å²) >= 11 is 0. The van der Waals surface area contributed by atoms with Crippen LogP contribution in [0.25, 0.3) is 0 Å². The van der Waals surface area contributed by atoms with E-state index in [0.717, 1.165) is 38.3 Å². The Morgan fingerprint density at radius 3 is 2.20 bits per heavy atom. The molecule has 6 nitrogen and oxygen atoms in total. The Morgan fingerprint density at radius 1 is 0.927 bits per heavy atom. The lowest BCUT2D eigenvalue weighted by Crippen LogP contribution is -2.58. The van der Waals surface area contributed by atoms with Crippen molar-refractivity contribution in [3.05, 3.63) is 10.8 Å². The van der Waals surface area contributed by atoms with E-state index in [-0.39, 0.29) is 40.6 Å². The summed E-state index contributed by atoms with van der Waals surface area (Å²) in [7, 11) is -3.34. The molecule has 7 atom stereocenters. The number of carbonyl (C=O) groups is 1. The first kappa shape index (κ1) is 33.7. The van der Waals surface area contributed by atoms with Crippen molar-refractivity contribution >= 4 is 30.2 Å². The molecule has 3 fully saturated rings. The van der Waals surface area contributed by atoms with Gasteiger partial charge in [0, 0.05) is 39.5 Å². The molecule has 41 heavy (non-hydrogen) atoms. The second kappa shape index (κ2) is 12.0. The third kappa shape index (κ3) is 6.63. The first-order chi connectivity index (χ1) is 18.8. The number of allylic oxidation sites excluding steroid dienone is 2. The number of Topliss-reactive ketones (excluding diaryl/α,β-unsaturated/α-hetero) is 1. The van der Waals surface area contributed by atoms with Crippen LogP contribution >= 0.6 is 0 Å². The van der Waals surface area contributed by atoms with Crippen LogP contribution in [-0.4, -0.2) is 75.9 Å². The van der Waals surface area contributed by atoms with E-state index in [4.69, 9.17) is 23.4 Å². The zero-order chi connectivity index (χ0) is 30.6. The van der Waals surface area contributed by atoms with Crippen LogP contribution in [0.15, 0.2) is 10.8 Å². The van der Waals surface area contributed by atoms with E-state index in [9.17, 15) is 4.79 Å². The molecule has 0 aromatic rings. The molecule has 0 heterocycles. The molecular weight excluding hydrogens is 565 g/mol. The van der Waals surface area contributed by atoms with Crippen LogP contribution in [0.1, 0.15) is 52.9 Å². The maximum atomic E-state index is 13.5. The Kier molecular flexibility index (Phi) is 9.87. The number of carbonyl (C=O) groups excluding carboxylic acids is 1. The van der Waals surface area contributed by atoms with Gasteiger partial charge in [-0.2, -0.15) is 0 Å². The minimum absolute atomic E-state index is 0.0295. The molecule has 0 aromatic heterocycles. The molecule has 3 saturated carbocycles. The summed E-state index contributed by atoms with van der Waals surface area (Å²) in [6.07, 6.45) is 4.75. The maximum Gasteiger partial charge on any atom is 0.192 e. The Hall–Kier alpha value is -0.139. The van der Waals surface area contributed by atoms with Crippen LogP contribution < -0.4 is 0 Å². The number of rotatable bonds is 12. The zero-order valence-electron chi connectivity index (χ0n) is 28.3. The van der Waals surface area contributed by atoms with Gasteiger partial charge in [-0.15, -0.1) is 0 Å². The van der Waals surface area contributed by atoms with E-state index in [1.165, 1.54) is 10.8 Å². The molecule has 1 spiro atoms. The number of hydrogen-bond donors (Lipinski definition) is 0. The number of ether oxygens (including phenoxy) is 4. The second-order valence-corrected chi connectivity index (χ2v) is 32.5. The van der Waals surface area contributed by atoms with Gasteiger partial charge in [0.15, 0.2) is 14.1 Å². The highest BCUT2D eigenvalue weighted by Gasteiger charge is 2.70. The van der Waals surface area contributed by atoms with Crippen LogP contribution in [-0.2, 0) is 28.2 Å². The van der Waals surface area contributed by atoms with Crippen molar-refractivity contribution in [3.63, 3.8) is 0 Å². The van der Waals surface area contributed by atoms with Crippen molar-refractivity contribution in [2.24, 2.45) is 23.2 Å². The fraction of sp³-hybridized carbons (Fsp3) is 0.906. The van der Waals surface area contributed by atoms with Gasteiger partial charge in [0.05, 0.1) is 26.4 Å². The number of fused-ring (bicyclic) bond motifs is 2. The predicted molar refractivity (Wildman–Crippen MR) is 174 cm³/mol. The van der Waals surface area contributed by atoms with E-state index in [2.05, 4.69) is 73.1 Å². The van der Waals surface area contributed by atoms with Crippen molar-refractivity contribution in [2.75, 3.05) is 27.3 Å². The highest BCUT2D eigenvalue weighted by molar-refractivity contribution is 6.87. The molecule has 0 bridgehead atoms. The molecule has 9 heteroatoms. The standard InChI is InChI=1S/C32H60O6Si3/c1-31(2,3)41(11,12)38-26-14-13-22-17-27(36-20-34-4)28-23-18-25(33)29(40(8,9)10)24(23)19-32(22,28)30(26)37-21-35-15-16-39(5,6)7/h22-23,26-28,30H,13-21H2,1-12H3/t22-,23+,26-,27+,28-,30+,32-/m0/s1. The average molecular weight is 625 g/mol. The van der Waals surface area contributed by atoms with Crippen LogP contribution in [0, 0.1) is 23.2 Å². The molecule has 4 aliphatic carbocycles. The lowest BCUT2D eigenvalue weighted by Gasteiger charge is -2.52. The summed E-state index contributed by atoms with van der Waals surface area (Å²) in [6, 6.07) is 1.13. The maximum absolute atomic E-state index is 13.5. The van der Waals surface area contributed by atoms with Gasteiger partial charge in [0.1, 0.15) is 13.6 Å². The molecule has 0 aliphatic heterocycles. The molecule has 0 unspecified atom stereocenters. The molecule has 0 amide bonds. The van der Waals surface area contributed by atoms with Crippen molar-refractivity contribution < 1.29 is 28.2 Å². The van der Waals surface area contributed by atoms with Crippen LogP contribution in [0.2, 0.25) is 63.5 Å². The lowest BCUT2D eigenvalue weighted by atomic mass is 9.61. The second-order valence-electron chi connectivity index (χ2n) is 17.2. The first-order valence-electron chi connectivity index (χ1n) is 16.1. The Morgan fingerprint density at radius 2 is 1.61 bits per heavy atom. The van der Waals surface area contributed by atoms with Crippen molar-refractivity contribution in [1.29, 1.82) is 0 Å². The van der Waals surface area contributed by atoms with Gasteiger partial charge in [-0.3, -0.25) is 4.79 Å². The average Bonchev–Trinajstić information content (AvgIpc) is 3.40. The summed E-state index contributed by atoms with van der Waals surface area (Å²) in [6.45, 7) is 27.2. The van der Waals surface area contributed by atoms with E-state index in [1.807, 2.05) is 0 Å². The van der Waals surface area contributed by atoms with Gasteiger partial charge in [0.2, 0.25) is 0 Å². The SMILES string of the molecule is COCO[C@@H]1C[C@@H]2CC[C@H](O[Si](C)(C)C(C)(C)C)[C@@H](OCOCC[Si](C)(C)C)[C@@]23CC2=C([Si](C)(C)C)C(=O)C[C@H]2[C@@H]13. The first-order valence-corrected chi connectivity index (χ1v) is 26.2. The molecule has 4 rings (SSSR count). The fourth-order valence-corrected chi connectivity index (χ4v) is 12.6. The monoisotopic (exact) mass is 624 g/mol. The van der Waals surface area contributed by atoms with Gasteiger partial charge < -0.3 is 23.4 Å². The minimum atomic E-state index is -2.05. The minimum Gasteiger partial charge on any atom is -0.411 e. The molecule has 236 valence electrons. The van der Waals surface area contributed by atoms with Gasteiger partial charge in [-0.25, -0.2) is 0 Å². The van der Waals surface area contributed by atoms with Crippen LogP contribution in [0.5, 0.6) is 0 Å². The van der Waals surface area contributed by atoms with Gasteiger partial charge in [-0.1, -0.05) is 65.6 Å². The number of hydrogen-bond acceptors (Lipinski definition) is 6. The highest BCUT2D eigenvalue weighted by atomic mass is 28.4. The Bertz CT molecular complexity index is 991. The van der Waals surface area contributed by atoms with Gasteiger partial charge in [0.25, 0.3) is 0 Å².